The monoisotopic (exact) mass is 263 g/mol. The Hall–Kier alpha value is -1.26. The predicted molar refractivity (Wildman–Crippen MR) is 71.3 cm³/mol. The van der Waals surface area contributed by atoms with Crippen LogP contribution in [0, 0.1) is 0 Å². The highest BCUT2D eigenvalue weighted by Gasteiger charge is 2.14. The van der Waals surface area contributed by atoms with E-state index in [9.17, 15) is 0 Å². The van der Waals surface area contributed by atoms with Crippen molar-refractivity contribution in [3.8, 4) is 0 Å². The Kier molecular flexibility index (Phi) is 2.68. The largest absolute Gasteiger partial charge is 0.281 e. The molecule has 0 saturated carbocycles. The number of benzene rings is 1. The topological polar surface area (TPSA) is 30.7 Å². The smallest absolute Gasteiger partial charge is 0.195 e. The van der Waals surface area contributed by atoms with E-state index in [-0.39, 0.29) is 0 Å². The first-order valence-electron chi connectivity index (χ1n) is 5.22. The maximum absolute atomic E-state index is 6.02. The van der Waals surface area contributed by atoms with Crippen LogP contribution in [0.3, 0.4) is 0 Å². The maximum atomic E-state index is 6.02. The summed E-state index contributed by atoms with van der Waals surface area (Å²) in [5.41, 5.74) is 2.37. The van der Waals surface area contributed by atoms with Crippen molar-refractivity contribution in [3.63, 3.8) is 0 Å². The Balaban J connectivity index is 2.14. The van der Waals surface area contributed by atoms with E-state index >= 15 is 0 Å². The van der Waals surface area contributed by atoms with Crippen molar-refractivity contribution in [2.24, 2.45) is 0 Å². The second-order valence-electron chi connectivity index (χ2n) is 3.81. The summed E-state index contributed by atoms with van der Waals surface area (Å²) in [7, 11) is 0. The van der Waals surface area contributed by atoms with E-state index < -0.39 is 0 Å². The number of hydrogen-bond acceptors (Lipinski definition) is 3. The molecule has 3 nitrogen and oxygen atoms in total. The molecule has 1 aromatic heterocycles. The Morgan fingerprint density at radius 3 is 3.06 bits per heavy atom. The van der Waals surface area contributed by atoms with Gasteiger partial charge < -0.3 is 0 Å². The van der Waals surface area contributed by atoms with Crippen LogP contribution in [0.1, 0.15) is 17.0 Å². The first-order chi connectivity index (χ1) is 8.28. The average molecular weight is 264 g/mol. The molecule has 0 amide bonds. The quantitative estimate of drug-likeness (QED) is 0.632. The van der Waals surface area contributed by atoms with Gasteiger partial charge in [0, 0.05) is 17.6 Å². The summed E-state index contributed by atoms with van der Waals surface area (Å²) in [6.45, 7) is 0. The minimum Gasteiger partial charge on any atom is -0.281 e. The molecule has 1 aliphatic rings. The summed E-state index contributed by atoms with van der Waals surface area (Å²) < 4.78 is 2.03. The molecule has 2 heterocycles. The third-order valence-electron chi connectivity index (χ3n) is 2.77. The second kappa shape index (κ2) is 4.20. The van der Waals surface area contributed by atoms with Crippen LogP contribution >= 0.6 is 23.4 Å². The van der Waals surface area contributed by atoms with Crippen LogP contribution in [-0.4, -0.2) is 21.0 Å². The van der Waals surface area contributed by atoms with E-state index in [0.29, 0.717) is 0 Å². The predicted octanol–water partition coefficient (Wildman–Crippen LogP) is 3.19. The zero-order chi connectivity index (χ0) is 11.8. The van der Waals surface area contributed by atoms with E-state index in [1.807, 2.05) is 35.2 Å². The third kappa shape index (κ3) is 1.87. The number of fused-ring (bicyclic) bond motifs is 2. The number of halogens is 1. The number of rotatable bonds is 1. The molecule has 0 saturated heterocycles. The van der Waals surface area contributed by atoms with Gasteiger partial charge in [0.15, 0.2) is 5.16 Å². The zero-order valence-electron chi connectivity index (χ0n) is 9.22. The molecule has 0 radical (unpaired) electrons. The number of hydrogen-bond donors (Lipinski definition) is 0. The Bertz CT molecular complexity index is 604. The van der Waals surface area contributed by atoms with Gasteiger partial charge in [-0.15, -0.1) is 10.2 Å². The first-order valence-corrected chi connectivity index (χ1v) is 6.82. The minimum absolute atomic E-state index is 0.759. The molecular formula is C12H10ClN3S. The normalized spacial score (nSPS) is 13.1. The van der Waals surface area contributed by atoms with Gasteiger partial charge in [-0.05, 0) is 35.6 Å². The van der Waals surface area contributed by atoms with Gasteiger partial charge in [-0.25, -0.2) is 0 Å². The van der Waals surface area contributed by atoms with Crippen LogP contribution in [-0.2, 0) is 6.42 Å². The van der Waals surface area contributed by atoms with Crippen molar-refractivity contribution in [2.75, 3.05) is 6.26 Å². The van der Waals surface area contributed by atoms with E-state index in [0.717, 1.165) is 22.4 Å². The summed E-state index contributed by atoms with van der Waals surface area (Å²) in [6, 6.07) is 5.93. The Morgan fingerprint density at radius 1 is 1.35 bits per heavy atom. The molecule has 0 bridgehead atoms. The van der Waals surface area contributed by atoms with Gasteiger partial charge in [0.05, 0.1) is 0 Å². The number of thioether (sulfide) groups is 1. The molecule has 0 aliphatic carbocycles. The SMILES string of the molecule is CSc1nnc2n1C=Cc1ccc(Cl)cc1C2. The molecule has 0 N–H and O–H groups in total. The van der Waals surface area contributed by atoms with Crippen molar-refractivity contribution in [3.05, 3.63) is 40.2 Å². The van der Waals surface area contributed by atoms with Crippen LogP contribution in [0.25, 0.3) is 12.3 Å². The zero-order valence-corrected chi connectivity index (χ0v) is 10.8. The fourth-order valence-corrected chi connectivity index (χ4v) is 2.61. The molecule has 86 valence electrons. The highest BCUT2D eigenvalue weighted by atomic mass is 35.5. The number of aromatic nitrogens is 3. The molecule has 0 spiro atoms. The molecule has 5 heteroatoms. The Morgan fingerprint density at radius 2 is 2.24 bits per heavy atom. The van der Waals surface area contributed by atoms with Gasteiger partial charge >= 0.3 is 0 Å². The van der Waals surface area contributed by atoms with E-state index in [2.05, 4.69) is 16.3 Å². The van der Waals surface area contributed by atoms with Gasteiger partial charge in [0.2, 0.25) is 0 Å². The van der Waals surface area contributed by atoms with E-state index in [1.165, 1.54) is 11.1 Å². The van der Waals surface area contributed by atoms with Crippen LogP contribution in [0.5, 0.6) is 0 Å². The lowest BCUT2D eigenvalue weighted by Gasteiger charge is -2.03. The molecule has 1 aromatic carbocycles. The lowest BCUT2D eigenvalue weighted by Crippen LogP contribution is -1.97. The highest BCUT2D eigenvalue weighted by Crippen LogP contribution is 2.25. The van der Waals surface area contributed by atoms with Gasteiger partial charge in [-0.1, -0.05) is 29.4 Å². The summed E-state index contributed by atoms with van der Waals surface area (Å²) >= 11 is 7.61. The summed E-state index contributed by atoms with van der Waals surface area (Å²) in [6.07, 6.45) is 6.85. The molecular weight excluding hydrogens is 254 g/mol. The van der Waals surface area contributed by atoms with Crippen LogP contribution in [0.15, 0.2) is 23.4 Å². The summed E-state index contributed by atoms with van der Waals surface area (Å²) in [4.78, 5) is 0. The second-order valence-corrected chi connectivity index (χ2v) is 5.02. The van der Waals surface area contributed by atoms with Crippen molar-refractivity contribution < 1.29 is 0 Å². The first kappa shape index (κ1) is 10.9. The lowest BCUT2D eigenvalue weighted by atomic mass is 10.1. The van der Waals surface area contributed by atoms with Crippen LogP contribution < -0.4 is 0 Å². The van der Waals surface area contributed by atoms with Crippen molar-refractivity contribution in [1.29, 1.82) is 0 Å². The lowest BCUT2D eigenvalue weighted by molar-refractivity contribution is 0.901. The molecule has 1 aliphatic heterocycles. The molecule has 0 atom stereocenters. The van der Waals surface area contributed by atoms with Gasteiger partial charge in [0.1, 0.15) is 5.82 Å². The molecule has 17 heavy (non-hydrogen) atoms. The average Bonchev–Trinajstić information content (AvgIpc) is 2.62. The summed E-state index contributed by atoms with van der Waals surface area (Å²) in [5.74, 6) is 0.951. The van der Waals surface area contributed by atoms with Crippen LogP contribution in [0.2, 0.25) is 5.02 Å². The highest BCUT2D eigenvalue weighted by molar-refractivity contribution is 7.98. The molecule has 3 rings (SSSR count). The molecule has 0 fully saturated rings. The fourth-order valence-electron chi connectivity index (χ4n) is 1.93. The van der Waals surface area contributed by atoms with E-state index in [1.54, 1.807) is 11.8 Å². The van der Waals surface area contributed by atoms with Gasteiger partial charge in [-0.3, -0.25) is 4.57 Å². The minimum atomic E-state index is 0.759. The summed E-state index contributed by atoms with van der Waals surface area (Å²) in [5, 5.41) is 10.0. The van der Waals surface area contributed by atoms with E-state index in [4.69, 9.17) is 11.6 Å². The van der Waals surface area contributed by atoms with Gasteiger partial charge in [-0.2, -0.15) is 0 Å². The van der Waals surface area contributed by atoms with Crippen molar-refractivity contribution in [1.82, 2.24) is 14.8 Å². The van der Waals surface area contributed by atoms with Crippen molar-refractivity contribution in [2.45, 2.75) is 11.6 Å². The molecule has 0 unspecified atom stereocenters. The third-order valence-corrected chi connectivity index (χ3v) is 3.65. The number of nitrogens with zero attached hydrogens (tertiary/aromatic N) is 3. The standard InChI is InChI=1S/C12H10ClN3S/c1-17-12-15-14-11-7-9-6-10(13)3-2-8(9)4-5-16(11)12/h2-6H,7H2,1H3. The fraction of sp³-hybridized carbons (Fsp3) is 0.167. The maximum Gasteiger partial charge on any atom is 0.195 e. The van der Waals surface area contributed by atoms with Crippen LogP contribution in [0.4, 0.5) is 0 Å². The van der Waals surface area contributed by atoms with Crippen molar-refractivity contribution >= 4 is 35.6 Å². The Labute approximate surface area is 109 Å². The van der Waals surface area contributed by atoms with Gasteiger partial charge in [0.25, 0.3) is 0 Å². The molecule has 2 aromatic rings.